The average Bonchev–Trinajstić information content (AvgIpc) is 3.84. The van der Waals surface area contributed by atoms with E-state index < -0.39 is 0 Å². The fourth-order valence-corrected chi connectivity index (χ4v) is 8.94. The summed E-state index contributed by atoms with van der Waals surface area (Å²) in [6, 6.07) is 69.2. The first-order valence-corrected chi connectivity index (χ1v) is 18.1. The highest BCUT2D eigenvalue weighted by Crippen LogP contribution is 2.50. The summed E-state index contributed by atoms with van der Waals surface area (Å²) in [5.41, 5.74) is 20.6. The molecule has 1 unspecified atom stereocenters. The maximum absolute atomic E-state index is 2.40. The van der Waals surface area contributed by atoms with Crippen molar-refractivity contribution >= 4 is 33.5 Å². The molecule has 242 valence electrons. The van der Waals surface area contributed by atoms with Crippen LogP contribution in [0.4, 0.5) is 0 Å². The van der Waals surface area contributed by atoms with Gasteiger partial charge in [-0.15, -0.1) is 0 Å². The quantitative estimate of drug-likeness (QED) is 0.177. The molecule has 1 atom stereocenters. The van der Waals surface area contributed by atoms with Gasteiger partial charge in [-0.25, -0.2) is 0 Å². The highest BCUT2D eigenvalue weighted by Gasteiger charge is 2.30. The van der Waals surface area contributed by atoms with Gasteiger partial charge in [0, 0.05) is 22.4 Å². The summed E-state index contributed by atoms with van der Waals surface area (Å²) in [5, 5.41) is 2.56. The lowest BCUT2D eigenvalue weighted by Gasteiger charge is -2.16. The summed E-state index contributed by atoms with van der Waals surface area (Å²) in [5.74, 6) is 0.178. The Morgan fingerprint density at radius 1 is 0.385 bits per heavy atom. The third-order valence-corrected chi connectivity index (χ3v) is 11.2. The van der Waals surface area contributed by atoms with Crippen LogP contribution in [0.1, 0.15) is 39.3 Å². The predicted octanol–water partition coefficient (Wildman–Crippen LogP) is 13.2. The molecule has 0 radical (unpaired) electrons. The van der Waals surface area contributed by atoms with Gasteiger partial charge >= 0.3 is 0 Å². The zero-order valence-electron chi connectivity index (χ0n) is 28.5. The minimum absolute atomic E-state index is 0.178. The van der Waals surface area contributed by atoms with E-state index in [0.29, 0.717) is 0 Å². The van der Waals surface area contributed by atoms with Gasteiger partial charge in [0.2, 0.25) is 0 Å². The summed E-state index contributed by atoms with van der Waals surface area (Å²) in [4.78, 5) is 0. The van der Waals surface area contributed by atoms with Gasteiger partial charge < -0.3 is 4.57 Å². The number of para-hydroxylation sites is 2. The number of fused-ring (bicyclic) bond motifs is 9. The van der Waals surface area contributed by atoms with Crippen molar-refractivity contribution in [1.82, 2.24) is 4.57 Å². The van der Waals surface area contributed by atoms with Gasteiger partial charge in [-0.2, -0.15) is 0 Å². The molecule has 0 bridgehead atoms. The van der Waals surface area contributed by atoms with Crippen LogP contribution in [-0.4, -0.2) is 4.57 Å². The first-order chi connectivity index (χ1) is 25.8. The molecule has 52 heavy (non-hydrogen) atoms. The molecule has 8 aromatic carbocycles. The molecule has 0 N–H and O–H groups in total. The first-order valence-electron chi connectivity index (χ1n) is 18.1. The van der Waals surface area contributed by atoms with E-state index in [2.05, 4.69) is 199 Å². The van der Waals surface area contributed by atoms with Crippen LogP contribution in [-0.2, 0) is 0 Å². The van der Waals surface area contributed by atoms with Crippen LogP contribution in [0.3, 0.4) is 0 Å². The van der Waals surface area contributed by atoms with E-state index in [1.54, 1.807) is 0 Å². The Hall–Kier alpha value is -6.70. The van der Waals surface area contributed by atoms with Crippen molar-refractivity contribution in [2.45, 2.75) is 5.92 Å². The lowest BCUT2D eigenvalue weighted by atomic mass is 9.87. The van der Waals surface area contributed by atoms with Crippen molar-refractivity contribution in [3.8, 4) is 39.1 Å². The largest absolute Gasteiger partial charge is 0.309 e. The predicted molar refractivity (Wildman–Crippen MR) is 218 cm³/mol. The van der Waals surface area contributed by atoms with Crippen LogP contribution < -0.4 is 0 Å². The van der Waals surface area contributed by atoms with Crippen LogP contribution >= 0.6 is 0 Å². The molecule has 1 heterocycles. The minimum Gasteiger partial charge on any atom is -0.309 e. The summed E-state index contributed by atoms with van der Waals surface area (Å²) in [6.45, 7) is 0. The average molecular weight is 660 g/mol. The van der Waals surface area contributed by atoms with E-state index in [1.807, 2.05) is 0 Å². The number of nitrogens with zero attached hydrogens (tertiary/aromatic N) is 1. The second-order valence-electron chi connectivity index (χ2n) is 14.1. The molecule has 1 aromatic heterocycles. The summed E-state index contributed by atoms with van der Waals surface area (Å²) in [7, 11) is 0. The van der Waals surface area contributed by atoms with Gasteiger partial charge in [-0.1, -0.05) is 158 Å². The highest BCUT2D eigenvalue weighted by atomic mass is 15.0. The zero-order valence-corrected chi connectivity index (χ0v) is 28.5. The SMILES string of the molecule is C(=C1c2ccccc2-c2ccccc21)c1ccc2c(c1)-c1ccccc1C2c1cccc(-c2ccc(-n3c4ccccc4c4ccccc43)cc2)c1. The maximum atomic E-state index is 2.40. The third kappa shape index (κ3) is 4.36. The summed E-state index contributed by atoms with van der Waals surface area (Å²) >= 11 is 0. The highest BCUT2D eigenvalue weighted by molar-refractivity contribution is 6.09. The number of hydrogen-bond donors (Lipinski definition) is 0. The molecule has 0 saturated heterocycles. The van der Waals surface area contributed by atoms with Gasteiger partial charge in [-0.05, 0) is 109 Å². The Balaban J connectivity index is 0.971. The first kappa shape index (κ1) is 29.1. The lowest BCUT2D eigenvalue weighted by Crippen LogP contribution is -1.99. The van der Waals surface area contributed by atoms with Gasteiger partial charge in [0.25, 0.3) is 0 Å². The smallest absolute Gasteiger partial charge is 0.0541 e. The molecular weight excluding hydrogens is 627 g/mol. The normalized spacial score (nSPS) is 13.9. The molecular formula is C51H33N. The molecule has 0 aliphatic heterocycles. The van der Waals surface area contributed by atoms with Crippen LogP contribution in [0.25, 0.3) is 72.5 Å². The molecule has 11 rings (SSSR count). The Kier molecular flexibility index (Phi) is 6.38. The molecule has 0 saturated carbocycles. The van der Waals surface area contributed by atoms with Crippen molar-refractivity contribution in [3.05, 3.63) is 221 Å². The van der Waals surface area contributed by atoms with E-state index in [0.717, 1.165) is 0 Å². The lowest BCUT2D eigenvalue weighted by molar-refractivity contribution is 1.02. The van der Waals surface area contributed by atoms with E-state index in [-0.39, 0.29) is 5.92 Å². The van der Waals surface area contributed by atoms with Crippen molar-refractivity contribution in [2.75, 3.05) is 0 Å². The topological polar surface area (TPSA) is 4.93 Å². The molecule has 2 aliphatic rings. The fraction of sp³-hybridized carbons (Fsp3) is 0.0196. The van der Waals surface area contributed by atoms with Gasteiger partial charge in [0.05, 0.1) is 11.0 Å². The molecule has 0 spiro atoms. The second-order valence-corrected chi connectivity index (χ2v) is 14.1. The summed E-state index contributed by atoms with van der Waals surface area (Å²) < 4.78 is 2.38. The Morgan fingerprint density at radius 3 is 1.65 bits per heavy atom. The zero-order chi connectivity index (χ0) is 34.2. The van der Waals surface area contributed by atoms with Gasteiger partial charge in [0.15, 0.2) is 0 Å². The van der Waals surface area contributed by atoms with E-state index in [9.17, 15) is 0 Å². The van der Waals surface area contributed by atoms with Gasteiger partial charge in [0.1, 0.15) is 0 Å². The standard InChI is InChI=1S/C51H33N/c1-3-16-40-38(14-1)39-15-2-4-17-41(39)47(40)30-33-24-29-46-48(31-33)42-18-5-6-21-45(42)51(46)36-13-11-12-35(32-36)34-25-27-37(28-26-34)52-49-22-9-7-19-43(49)44-20-8-10-23-50(44)52/h1-32,51H. The van der Waals surface area contributed by atoms with Crippen LogP contribution in [0.5, 0.6) is 0 Å². The molecule has 2 aliphatic carbocycles. The van der Waals surface area contributed by atoms with Crippen molar-refractivity contribution in [1.29, 1.82) is 0 Å². The summed E-state index contributed by atoms with van der Waals surface area (Å²) in [6.07, 6.45) is 2.38. The number of benzene rings is 8. The van der Waals surface area contributed by atoms with Crippen molar-refractivity contribution in [3.63, 3.8) is 0 Å². The van der Waals surface area contributed by atoms with E-state index in [4.69, 9.17) is 0 Å². The Bertz CT molecular complexity index is 2800. The monoisotopic (exact) mass is 659 g/mol. The van der Waals surface area contributed by atoms with E-state index in [1.165, 1.54) is 99.8 Å². The molecule has 1 nitrogen and oxygen atoms in total. The molecule has 1 heteroatoms. The third-order valence-electron chi connectivity index (χ3n) is 11.2. The molecule has 0 fully saturated rings. The number of hydrogen-bond acceptors (Lipinski definition) is 0. The van der Waals surface area contributed by atoms with Gasteiger partial charge in [-0.3, -0.25) is 0 Å². The van der Waals surface area contributed by atoms with Crippen LogP contribution in [0.2, 0.25) is 0 Å². The van der Waals surface area contributed by atoms with Crippen LogP contribution in [0, 0.1) is 0 Å². The van der Waals surface area contributed by atoms with E-state index >= 15 is 0 Å². The Morgan fingerprint density at radius 2 is 0.962 bits per heavy atom. The van der Waals surface area contributed by atoms with Crippen LogP contribution in [0.15, 0.2) is 188 Å². The number of rotatable bonds is 4. The molecule has 0 amide bonds. The van der Waals surface area contributed by atoms with Crippen molar-refractivity contribution in [2.24, 2.45) is 0 Å². The second kappa shape index (κ2) is 11.4. The molecule has 9 aromatic rings. The number of aromatic nitrogens is 1. The fourth-order valence-electron chi connectivity index (χ4n) is 8.94. The minimum atomic E-state index is 0.178. The Labute approximate surface area is 303 Å². The maximum Gasteiger partial charge on any atom is 0.0541 e. The van der Waals surface area contributed by atoms with Crippen molar-refractivity contribution < 1.29 is 0 Å².